The van der Waals surface area contributed by atoms with Crippen LogP contribution in [0.5, 0.6) is 5.75 Å². The summed E-state index contributed by atoms with van der Waals surface area (Å²) < 4.78 is 1.88. The van der Waals surface area contributed by atoms with Crippen LogP contribution in [0.15, 0.2) is 46.9 Å². The van der Waals surface area contributed by atoms with Gasteiger partial charge in [-0.1, -0.05) is 24.3 Å². The van der Waals surface area contributed by atoms with Gasteiger partial charge in [0.05, 0.1) is 14.7 Å². The van der Waals surface area contributed by atoms with Crippen molar-refractivity contribution in [1.82, 2.24) is 4.98 Å². The zero-order valence-electron chi connectivity index (χ0n) is 9.88. The number of nitrogens with zero attached hydrogens (tertiary/aromatic N) is 1. The van der Waals surface area contributed by atoms with E-state index in [9.17, 15) is 5.11 Å². The van der Waals surface area contributed by atoms with E-state index in [-0.39, 0.29) is 5.75 Å². The van der Waals surface area contributed by atoms with E-state index in [1.165, 1.54) is 4.70 Å². The summed E-state index contributed by atoms with van der Waals surface area (Å²) in [6.45, 7) is 0. The molecular weight excluding hydrogens is 322 g/mol. The minimum atomic E-state index is 0.247. The molecule has 2 nitrogen and oxygen atoms in total. The third-order valence-electron chi connectivity index (χ3n) is 2.70. The Morgan fingerprint density at radius 2 is 1.95 bits per heavy atom. The van der Waals surface area contributed by atoms with Gasteiger partial charge in [0.1, 0.15) is 10.8 Å². The number of benzene rings is 2. The Bertz CT molecular complexity index is 731. The van der Waals surface area contributed by atoms with Crippen LogP contribution in [0.25, 0.3) is 22.4 Å². The largest absolute Gasteiger partial charge is 0.507 e. The van der Waals surface area contributed by atoms with Crippen LogP contribution in [-0.2, 0) is 0 Å². The molecule has 1 aromatic heterocycles. The number of hydrogen-bond acceptors (Lipinski definition) is 3. The molecule has 0 radical (unpaired) electrons. The topological polar surface area (TPSA) is 33.1 Å². The van der Waals surface area contributed by atoms with Crippen LogP contribution in [0.3, 0.4) is 0 Å². The van der Waals surface area contributed by atoms with Gasteiger partial charge in [0.25, 0.3) is 0 Å². The van der Waals surface area contributed by atoms with Gasteiger partial charge in [0.15, 0.2) is 0 Å². The van der Waals surface area contributed by atoms with Crippen molar-refractivity contribution in [2.75, 3.05) is 0 Å². The third kappa shape index (κ3) is 2.69. The maximum Gasteiger partial charge on any atom is 0.129 e. The molecule has 0 bridgehead atoms. The molecule has 0 aliphatic carbocycles. The van der Waals surface area contributed by atoms with Gasteiger partial charge >= 0.3 is 0 Å². The lowest BCUT2D eigenvalue weighted by molar-refractivity contribution is 0.472. The van der Waals surface area contributed by atoms with Gasteiger partial charge in [-0.15, -0.1) is 11.3 Å². The summed E-state index contributed by atoms with van der Waals surface area (Å²) in [6.07, 6.45) is 3.98. The maximum atomic E-state index is 9.44. The first-order valence-corrected chi connectivity index (χ1v) is 7.35. The summed E-state index contributed by atoms with van der Waals surface area (Å²) in [5, 5.41) is 10.4. The van der Waals surface area contributed by atoms with E-state index in [0.29, 0.717) is 4.47 Å². The standard InChI is InChI=1S/C15H10BrNOS/c16-11-9-10(5-7-13(11)18)6-8-15-17-12-3-1-2-4-14(12)19-15/h1-9,18H. The molecule has 3 aromatic rings. The first-order chi connectivity index (χ1) is 9.22. The van der Waals surface area contributed by atoms with Crippen molar-refractivity contribution < 1.29 is 5.11 Å². The van der Waals surface area contributed by atoms with E-state index < -0.39 is 0 Å². The summed E-state index contributed by atoms with van der Waals surface area (Å²) in [5.41, 5.74) is 2.04. The van der Waals surface area contributed by atoms with Gasteiger partial charge < -0.3 is 5.11 Å². The number of phenols is 1. The van der Waals surface area contributed by atoms with Crippen molar-refractivity contribution in [3.63, 3.8) is 0 Å². The second-order valence-electron chi connectivity index (χ2n) is 4.06. The highest BCUT2D eigenvalue weighted by Gasteiger charge is 2.00. The molecule has 0 spiro atoms. The number of aromatic nitrogens is 1. The van der Waals surface area contributed by atoms with Crippen molar-refractivity contribution in [3.05, 3.63) is 57.5 Å². The number of halogens is 1. The van der Waals surface area contributed by atoms with Crippen LogP contribution in [-0.4, -0.2) is 10.1 Å². The van der Waals surface area contributed by atoms with Crippen LogP contribution >= 0.6 is 27.3 Å². The third-order valence-corrected chi connectivity index (χ3v) is 4.34. The molecule has 1 N–H and O–H groups in total. The fourth-order valence-corrected chi connectivity index (χ4v) is 3.02. The second-order valence-corrected chi connectivity index (χ2v) is 5.98. The Kier molecular flexibility index (Phi) is 3.36. The smallest absolute Gasteiger partial charge is 0.129 e. The predicted molar refractivity (Wildman–Crippen MR) is 84.4 cm³/mol. The van der Waals surface area contributed by atoms with Crippen molar-refractivity contribution in [2.45, 2.75) is 0 Å². The summed E-state index contributed by atoms with van der Waals surface area (Å²) in [5.74, 6) is 0.247. The summed E-state index contributed by atoms with van der Waals surface area (Å²) in [7, 11) is 0. The lowest BCUT2D eigenvalue weighted by Gasteiger charge is -1.97. The first kappa shape index (κ1) is 12.4. The van der Waals surface area contributed by atoms with Gasteiger partial charge in [0, 0.05) is 0 Å². The fourth-order valence-electron chi connectivity index (χ4n) is 1.76. The van der Waals surface area contributed by atoms with Crippen LogP contribution in [0.2, 0.25) is 0 Å². The second kappa shape index (κ2) is 5.15. The molecule has 4 heteroatoms. The molecule has 0 unspecified atom stereocenters. The maximum absolute atomic E-state index is 9.44. The van der Waals surface area contributed by atoms with Gasteiger partial charge in [-0.2, -0.15) is 0 Å². The summed E-state index contributed by atoms with van der Waals surface area (Å²) in [6, 6.07) is 13.5. The number of para-hydroxylation sites is 1. The Balaban J connectivity index is 1.91. The molecule has 0 aliphatic rings. The van der Waals surface area contributed by atoms with Crippen LogP contribution in [0, 0.1) is 0 Å². The predicted octanol–water partition coefficient (Wildman–Crippen LogP) is 4.93. The Hall–Kier alpha value is -1.65. The molecular formula is C15H10BrNOS. The summed E-state index contributed by atoms with van der Waals surface area (Å²) in [4.78, 5) is 4.54. The number of phenolic OH excluding ortho intramolecular Hbond substituents is 1. The fraction of sp³-hybridized carbons (Fsp3) is 0. The molecule has 1 heterocycles. The molecule has 0 aliphatic heterocycles. The van der Waals surface area contributed by atoms with E-state index in [2.05, 4.69) is 27.0 Å². The molecule has 0 saturated carbocycles. The minimum Gasteiger partial charge on any atom is -0.507 e. The van der Waals surface area contributed by atoms with Gasteiger partial charge in [-0.05, 0) is 51.8 Å². The van der Waals surface area contributed by atoms with E-state index in [1.807, 2.05) is 42.5 Å². The highest BCUT2D eigenvalue weighted by Crippen LogP contribution is 2.26. The van der Waals surface area contributed by atoms with Crippen LogP contribution in [0.1, 0.15) is 10.6 Å². The monoisotopic (exact) mass is 331 g/mol. The van der Waals surface area contributed by atoms with E-state index in [4.69, 9.17) is 0 Å². The van der Waals surface area contributed by atoms with E-state index in [1.54, 1.807) is 17.4 Å². The first-order valence-electron chi connectivity index (χ1n) is 5.74. The molecule has 0 amide bonds. The quantitative estimate of drug-likeness (QED) is 0.721. The van der Waals surface area contributed by atoms with E-state index in [0.717, 1.165) is 16.1 Å². The zero-order chi connectivity index (χ0) is 13.2. The SMILES string of the molecule is Oc1ccc(C=Cc2nc3ccccc3s2)cc1Br. The van der Waals surface area contributed by atoms with Crippen LogP contribution in [0.4, 0.5) is 0 Å². The highest BCUT2D eigenvalue weighted by atomic mass is 79.9. The number of hydrogen-bond donors (Lipinski definition) is 1. The van der Waals surface area contributed by atoms with Crippen molar-refractivity contribution in [2.24, 2.45) is 0 Å². The van der Waals surface area contributed by atoms with Gasteiger partial charge in [0.2, 0.25) is 0 Å². The number of fused-ring (bicyclic) bond motifs is 1. The minimum absolute atomic E-state index is 0.247. The van der Waals surface area contributed by atoms with Gasteiger partial charge in [-0.3, -0.25) is 0 Å². The molecule has 19 heavy (non-hydrogen) atoms. The number of aromatic hydroxyl groups is 1. The Labute approximate surface area is 123 Å². The molecule has 2 aromatic carbocycles. The van der Waals surface area contributed by atoms with Gasteiger partial charge in [-0.25, -0.2) is 4.98 Å². The summed E-state index contributed by atoms with van der Waals surface area (Å²) >= 11 is 4.97. The number of thiazole rings is 1. The molecule has 3 rings (SSSR count). The Morgan fingerprint density at radius 3 is 2.74 bits per heavy atom. The lowest BCUT2D eigenvalue weighted by atomic mass is 10.2. The lowest BCUT2D eigenvalue weighted by Crippen LogP contribution is -1.74. The molecule has 94 valence electrons. The highest BCUT2D eigenvalue weighted by molar-refractivity contribution is 9.10. The van der Waals surface area contributed by atoms with Crippen molar-refractivity contribution in [3.8, 4) is 5.75 Å². The zero-order valence-corrected chi connectivity index (χ0v) is 12.3. The molecule has 0 atom stereocenters. The van der Waals surface area contributed by atoms with Crippen molar-refractivity contribution in [1.29, 1.82) is 0 Å². The average molecular weight is 332 g/mol. The van der Waals surface area contributed by atoms with Crippen molar-refractivity contribution >= 4 is 49.6 Å². The average Bonchev–Trinajstić information content (AvgIpc) is 2.83. The molecule has 0 saturated heterocycles. The van der Waals surface area contributed by atoms with Crippen LogP contribution < -0.4 is 0 Å². The van der Waals surface area contributed by atoms with E-state index >= 15 is 0 Å². The normalized spacial score (nSPS) is 11.4. The Morgan fingerprint density at radius 1 is 1.11 bits per heavy atom. The number of rotatable bonds is 2. The molecule has 0 fully saturated rings.